The van der Waals surface area contributed by atoms with Crippen molar-refractivity contribution in [1.29, 1.82) is 5.26 Å². The van der Waals surface area contributed by atoms with Gasteiger partial charge in [0, 0.05) is 19.6 Å². The fourth-order valence-electron chi connectivity index (χ4n) is 2.71. The lowest BCUT2D eigenvalue weighted by Gasteiger charge is -2.33. The molecular formula is C13H20N4. The summed E-state index contributed by atoms with van der Waals surface area (Å²) in [6.45, 7) is 7.20. The molecule has 1 atom stereocenters. The third kappa shape index (κ3) is 2.10. The number of nitriles is 1. The van der Waals surface area contributed by atoms with Crippen LogP contribution in [0.25, 0.3) is 0 Å². The molecule has 0 bridgehead atoms. The van der Waals surface area contributed by atoms with Crippen LogP contribution in [-0.2, 0) is 6.54 Å². The third-order valence-corrected chi connectivity index (χ3v) is 3.48. The van der Waals surface area contributed by atoms with Crippen LogP contribution < -0.4 is 10.6 Å². The van der Waals surface area contributed by atoms with E-state index in [0.29, 0.717) is 11.6 Å². The number of hydrogen-bond donors (Lipinski definition) is 1. The quantitative estimate of drug-likeness (QED) is 0.850. The number of aromatic nitrogens is 1. The van der Waals surface area contributed by atoms with Crippen LogP contribution in [0, 0.1) is 17.2 Å². The highest BCUT2D eigenvalue weighted by molar-refractivity contribution is 5.68. The van der Waals surface area contributed by atoms with Crippen LogP contribution in [-0.4, -0.2) is 17.7 Å². The second kappa shape index (κ2) is 4.70. The Kier molecular flexibility index (Phi) is 3.28. The van der Waals surface area contributed by atoms with Gasteiger partial charge in [0.05, 0.1) is 5.69 Å². The summed E-state index contributed by atoms with van der Waals surface area (Å²) in [4.78, 5) is 2.33. The van der Waals surface area contributed by atoms with E-state index in [2.05, 4.69) is 24.8 Å². The van der Waals surface area contributed by atoms with Crippen molar-refractivity contribution in [3.63, 3.8) is 0 Å². The van der Waals surface area contributed by atoms with Gasteiger partial charge in [-0.1, -0.05) is 6.92 Å². The van der Waals surface area contributed by atoms with Crippen molar-refractivity contribution in [3.05, 3.63) is 11.8 Å². The minimum atomic E-state index is 0.665. The van der Waals surface area contributed by atoms with Crippen LogP contribution in [0.15, 0.2) is 6.07 Å². The van der Waals surface area contributed by atoms with Gasteiger partial charge >= 0.3 is 0 Å². The van der Waals surface area contributed by atoms with Crippen molar-refractivity contribution in [1.82, 2.24) is 4.57 Å². The Bertz CT molecular complexity index is 441. The number of nitrogens with two attached hydrogens (primary N) is 1. The predicted molar refractivity (Wildman–Crippen MR) is 69.8 cm³/mol. The fraction of sp³-hybridized carbons (Fsp3) is 0.615. The van der Waals surface area contributed by atoms with Gasteiger partial charge in [0.25, 0.3) is 0 Å². The molecular weight excluding hydrogens is 212 g/mol. The van der Waals surface area contributed by atoms with Crippen molar-refractivity contribution >= 4 is 11.5 Å². The zero-order valence-corrected chi connectivity index (χ0v) is 10.6. The molecule has 0 aliphatic carbocycles. The van der Waals surface area contributed by atoms with E-state index in [1.54, 1.807) is 6.07 Å². The summed E-state index contributed by atoms with van der Waals surface area (Å²) in [7, 11) is 0. The second-order valence-corrected chi connectivity index (χ2v) is 4.86. The van der Waals surface area contributed by atoms with Gasteiger partial charge in [-0.3, -0.25) is 0 Å². The summed E-state index contributed by atoms with van der Waals surface area (Å²) in [6, 6.07) is 4.00. The van der Waals surface area contributed by atoms with Crippen LogP contribution >= 0.6 is 0 Å². The highest BCUT2D eigenvalue weighted by atomic mass is 15.3. The Labute approximate surface area is 103 Å². The normalized spacial score (nSPS) is 20.3. The minimum Gasteiger partial charge on any atom is -0.396 e. The molecule has 4 heteroatoms. The van der Waals surface area contributed by atoms with Crippen LogP contribution in [0.3, 0.4) is 0 Å². The molecule has 1 fully saturated rings. The van der Waals surface area contributed by atoms with Gasteiger partial charge in [0.1, 0.15) is 17.6 Å². The van der Waals surface area contributed by atoms with Crippen LogP contribution in [0.2, 0.25) is 0 Å². The molecule has 0 amide bonds. The van der Waals surface area contributed by atoms with Crippen LogP contribution in [0.4, 0.5) is 11.5 Å². The lowest BCUT2D eigenvalue weighted by molar-refractivity contribution is 0.441. The Morgan fingerprint density at radius 2 is 2.35 bits per heavy atom. The summed E-state index contributed by atoms with van der Waals surface area (Å²) >= 11 is 0. The van der Waals surface area contributed by atoms with E-state index in [-0.39, 0.29) is 0 Å². The number of nitrogens with zero attached hydrogens (tertiary/aromatic N) is 3. The first-order chi connectivity index (χ1) is 8.17. The van der Waals surface area contributed by atoms with Crippen LogP contribution in [0.5, 0.6) is 0 Å². The molecule has 2 rings (SSSR count). The van der Waals surface area contributed by atoms with Gasteiger partial charge in [0.2, 0.25) is 0 Å². The molecule has 92 valence electrons. The van der Waals surface area contributed by atoms with E-state index in [4.69, 9.17) is 11.0 Å². The van der Waals surface area contributed by atoms with E-state index < -0.39 is 0 Å². The first kappa shape index (κ1) is 11.8. The molecule has 17 heavy (non-hydrogen) atoms. The number of hydrogen-bond acceptors (Lipinski definition) is 3. The number of anilines is 2. The fourth-order valence-corrected chi connectivity index (χ4v) is 2.71. The maximum atomic E-state index is 9.09. The van der Waals surface area contributed by atoms with E-state index >= 15 is 0 Å². The molecule has 1 saturated heterocycles. The lowest BCUT2D eigenvalue weighted by Crippen LogP contribution is -2.36. The van der Waals surface area contributed by atoms with Gasteiger partial charge < -0.3 is 15.2 Å². The Balaban J connectivity index is 2.37. The van der Waals surface area contributed by atoms with E-state index in [1.165, 1.54) is 12.8 Å². The number of piperidine rings is 1. The first-order valence-corrected chi connectivity index (χ1v) is 6.31. The highest BCUT2D eigenvalue weighted by Gasteiger charge is 2.22. The molecule has 2 N–H and O–H groups in total. The molecule has 2 heterocycles. The molecule has 0 spiro atoms. The summed E-state index contributed by atoms with van der Waals surface area (Å²) < 4.78 is 2.02. The Morgan fingerprint density at radius 1 is 1.59 bits per heavy atom. The van der Waals surface area contributed by atoms with E-state index in [1.807, 2.05) is 4.57 Å². The molecule has 0 saturated carbocycles. The van der Waals surface area contributed by atoms with E-state index in [9.17, 15) is 0 Å². The van der Waals surface area contributed by atoms with Crippen molar-refractivity contribution in [3.8, 4) is 6.07 Å². The predicted octanol–water partition coefficient (Wildman–Crippen LogP) is 2.20. The molecule has 0 aromatic carbocycles. The maximum Gasteiger partial charge on any atom is 0.133 e. The zero-order chi connectivity index (χ0) is 12.4. The topological polar surface area (TPSA) is 58.0 Å². The van der Waals surface area contributed by atoms with E-state index in [0.717, 1.165) is 31.1 Å². The summed E-state index contributed by atoms with van der Waals surface area (Å²) in [5, 5.41) is 9.09. The molecule has 1 aromatic heterocycles. The standard InChI is InChI=1S/C13H20N4/c1-3-17-11(8-14)7-12(15)13(17)16-6-4-5-10(2)9-16/h7,10H,3-6,9,15H2,1-2H3/t10-/m1/s1. The zero-order valence-electron chi connectivity index (χ0n) is 10.6. The maximum absolute atomic E-state index is 9.09. The van der Waals surface area contributed by atoms with Crippen molar-refractivity contribution in [2.45, 2.75) is 33.2 Å². The Morgan fingerprint density at radius 3 is 2.94 bits per heavy atom. The Hall–Kier alpha value is -1.63. The van der Waals surface area contributed by atoms with Crippen molar-refractivity contribution in [2.24, 2.45) is 5.92 Å². The third-order valence-electron chi connectivity index (χ3n) is 3.48. The van der Waals surface area contributed by atoms with Gasteiger partial charge in [-0.05, 0) is 31.7 Å². The monoisotopic (exact) mass is 232 g/mol. The number of rotatable bonds is 2. The molecule has 1 aromatic rings. The molecule has 0 radical (unpaired) electrons. The van der Waals surface area contributed by atoms with Gasteiger partial charge in [-0.2, -0.15) is 5.26 Å². The first-order valence-electron chi connectivity index (χ1n) is 6.31. The van der Waals surface area contributed by atoms with Gasteiger partial charge in [0.15, 0.2) is 0 Å². The van der Waals surface area contributed by atoms with Crippen LogP contribution in [0.1, 0.15) is 32.4 Å². The van der Waals surface area contributed by atoms with Gasteiger partial charge in [-0.25, -0.2) is 0 Å². The summed E-state index contributed by atoms with van der Waals surface area (Å²) in [5.74, 6) is 1.74. The molecule has 0 unspecified atom stereocenters. The van der Waals surface area contributed by atoms with Crippen molar-refractivity contribution in [2.75, 3.05) is 23.7 Å². The summed E-state index contributed by atoms with van der Waals surface area (Å²) in [6.07, 6.45) is 2.49. The molecule has 1 aliphatic rings. The molecule has 4 nitrogen and oxygen atoms in total. The van der Waals surface area contributed by atoms with Gasteiger partial charge in [-0.15, -0.1) is 0 Å². The number of nitrogen functional groups attached to an aromatic ring is 1. The second-order valence-electron chi connectivity index (χ2n) is 4.86. The molecule has 1 aliphatic heterocycles. The smallest absolute Gasteiger partial charge is 0.133 e. The average Bonchev–Trinajstić information content (AvgIpc) is 2.65. The SMILES string of the molecule is CCn1c(C#N)cc(N)c1N1CCC[C@@H](C)C1. The average molecular weight is 232 g/mol. The minimum absolute atomic E-state index is 0.665. The lowest BCUT2D eigenvalue weighted by atomic mass is 10.0. The summed E-state index contributed by atoms with van der Waals surface area (Å²) in [5.41, 5.74) is 7.45. The highest BCUT2D eigenvalue weighted by Crippen LogP contribution is 2.31. The van der Waals surface area contributed by atoms with Crippen molar-refractivity contribution < 1.29 is 0 Å². The largest absolute Gasteiger partial charge is 0.396 e.